The van der Waals surface area contributed by atoms with Crippen LogP contribution in [0.4, 0.5) is 0 Å². The molecule has 0 fully saturated rings. The summed E-state index contributed by atoms with van der Waals surface area (Å²) in [6.07, 6.45) is -1.49. The van der Waals surface area contributed by atoms with Crippen molar-refractivity contribution < 1.29 is 38.9 Å². The van der Waals surface area contributed by atoms with Gasteiger partial charge in [-0.25, -0.2) is 0 Å². The Labute approximate surface area is 167 Å². The highest BCUT2D eigenvalue weighted by atomic mass is 32.2. The summed E-state index contributed by atoms with van der Waals surface area (Å²) in [5.41, 5.74) is -0.984. The van der Waals surface area contributed by atoms with E-state index in [1.165, 1.54) is 0 Å². The monoisotopic (exact) mass is 420 g/mol. The Morgan fingerprint density at radius 3 is 2.21 bits per heavy atom. The number of carbonyl (C=O) groups excluding carboxylic acids is 4. The molecule has 0 spiro atoms. The number of aliphatic hydroxyl groups excluding tert-OH is 1. The molecule has 1 atom stereocenters. The average molecular weight is 420 g/mol. The summed E-state index contributed by atoms with van der Waals surface area (Å²) in [6.45, 7) is 4.16. The predicted octanol–water partition coefficient (Wildman–Crippen LogP) is -0.316. The number of carboxylic acid groups (broad SMARTS) is 1. The van der Waals surface area contributed by atoms with Crippen molar-refractivity contribution in [1.82, 2.24) is 10.6 Å². The highest BCUT2D eigenvalue weighted by Gasteiger charge is 2.37. The molecule has 1 unspecified atom stereocenters. The smallest absolute Gasteiger partial charge is 0.303 e. The van der Waals surface area contributed by atoms with Crippen LogP contribution in [0.1, 0.15) is 40.0 Å². The van der Waals surface area contributed by atoms with Crippen molar-refractivity contribution in [2.45, 2.75) is 46.1 Å². The van der Waals surface area contributed by atoms with Gasteiger partial charge in [-0.2, -0.15) is 0 Å². The van der Waals surface area contributed by atoms with Crippen molar-refractivity contribution >= 4 is 40.6 Å². The first kappa shape index (κ1) is 25.9. The lowest BCUT2D eigenvalue weighted by molar-refractivity contribution is -0.163. The van der Waals surface area contributed by atoms with Crippen molar-refractivity contribution in [2.75, 3.05) is 25.4 Å². The van der Waals surface area contributed by atoms with Gasteiger partial charge in [0, 0.05) is 44.0 Å². The maximum absolute atomic E-state index is 12.2. The summed E-state index contributed by atoms with van der Waals surface area (Å²) in [6, 6.07) is 0. The molecule has 0 saturated carbocycles. The normalized spacial score (nSPS) is 12.0. The summed E-state index contributed by atoms with van der Waals surface area (Å²) >= 11 is 0.945. The zero-order valence-corrected chi connectivity index (χ0v) is 17.1. The predicted molar refractivity (Wildman–Crippen MR) is 101 cm³/mol. The molecule has 0 bridgehead atoms. The molecule has 0 rings (SSSR count). The van der Waals surface area contributed by atoms with Gasteiger partial charge >= 0.3 is 11.9 Å². The van der Waals surface area contributed by atoms with Crippen LogP contribution < -0.4 is 10.6 Å². The quantitative estimate of drug-likeness (QED) is 0.231. The molecule has 0 aliphatic heterocycles. The Balaban J connectivity index is 4.15. The molecule has 160 valence electrons. The summed E-state index contributed by atoms with van der Waals surface area (Å²) in [5, 5.41) is 22.7. The van der Waals surface area contributed by atoms with Crippen LogP contribution >= 0.6 is 11.8 Å². The number of rotatable bonds is 13. The third-order valence-corrected chi connectivity index (χ3v) is 4.46. The van der Waals surface area contributed by atoms with Crippen LogP contribution in [-0.2, 0) is 28.7 Å². The molecule has 2 amide bonds. The van der Waals surface area contributed by atoms with E-state index < -0.39 is 29.4 Å². The zero-order valence-electron chi connectivity index (χ0n) is 16.3. The van der Waals surface area contributed by atoms with Gasteiger partial charge in [0.25, 0.3) is 5.91 Å². The van der Waals surface area contributed by atoms with Crippen LogP contribution in [0.5, 0.6) is 0 Å². The molecule has 0 radical (unpaired) electrons. The number of carboxylic acids is 1. The van der Waals surface area contributed by atoms with Crippen molar-refractivity contribution in [3.63, 3.8) is 0 Å². The first-order valence-electron chi connectivity index (χ1n) is 8.69. The molecular weight excluding hydrogens is 392 g/mol. The number of amides is 2. The van der Waals surface area contributed by atoms with E-state index >= 15 is 0 Å². The molecule has 0 aromatic rings. The Bertz CT molecular complexity index is 580. The van der Waals surface area contributed by atoms with E-state index in [1.54, 1.807) is 13.8 Å². The van der Waals surface area contributed by atoms with Crippen molar-refractivity contribution in [3.05, 3.63) is 0 Å². The third-order valence-electron chi connectivity index (χ3n) is 3.52. The number of thioether (sulfide) groups is 1. The molecule has 11 heteroatoms. The SMILES string of the molecule is CC(=O)OC(C(=O)NCCC(=O)NCCSC(=O)CCC(=O)O)C(C)(C)CO. The fraction of sp³-hybridized carbons (Fsp3) is 0.706. The van der Waals surface area contributed by atoms with Gasteiger partial charge in [-0.15, -0.1) is 0 Å². The Hall–Kier alpha value is -2.14. The second-order valence-electron chi connectivity index (χ2n) is 6.64. The largest absolute Gasteiger partial charge is 0.481 e. The summed E-state index contributed by atoms with van der Waals surface area (Å²) in [7, 11) is 0. The first-order valence-corrected chi connectivity index (χ1v) is 9.68. The van der Waals surface area contributed by atoms with E-state index in [2.05, 4.69) is 10.6 Å². The number of esters is 1. The number of aliphatic hydroxyl groups is 1. The van der Waals surface area contributed by atoms with Gasteiger partial charge in [-0.1, -0.05) is 25.6 Å². The van der Waals surface area contributed by atoms with Crippen molar-refractivity contribution in [3.8, 4) is 0 Å². The highest BCUT2D eigenvalue weighted by molar-refractivity contribution is 8.13. The van der Waals surface area contributed by atoms with Gasteiger partial charge < -0.3 is 25.6 Å². The molecule has 0 aliphatic rings. The van der Waals surface area contributed by atoms with Crippen LogP contribution in [-0.4, -0.2) is 70.6 Å². The van der Waals surface area contributed by atoms with Gasteiger partial charge in [0.1, 0.15) is 0 Å². The maximum atomic E-state index is 12.2. The van der Waals surface area contributed by atoms with E-state index in [0.717, 1.165) is 18.7 Å². The number of hydrogen-bond donors (Lipinski definition) is 4. The highest BCUT2D eigenvalue weighted by Crippen LogP contribution is 2.23. The molecule has 28 heavy (non-hydrogen) atoms. The first-order chi connectivity index (χ1) is 13.0. The average Bonchev–Trinajstić information content (AvgIpc) is 2.61. The van der Waals surface area contributed by atoms with E-state index in [4.69, 9.17) is 9.84 Å². The van der Waals surface area contributed by atoms with Crippen LogP contribution in [0.2, 0.25) is 0 Å². The molecule has 0 aliphatic carbocycles. The van der Waals surface area contributed by atoms with E-state index in [0.29, 0.717) is 5.75 Å². The lowest BCUT2D eigenvalue weighted by Crippen LogP contribution is -2.48. The van der Waals surface area contributed by atoms with Crippen LogP contribution in [0, 0.1) is 5.41 Å². The molecule has 10 nitrogen and oxygen atoms in total. The molecule has 0 aromatic heterocycles. The van der Waals surface area contributed by atoms with Gasteiger partial charge in [-0.05, 0) is 0 Å². The van der Waals surface area contributed by atoms with Gasteiger partial charge in [0.15, 0.2) is 11.2 Å². The second-order valence-corrected chi connectivity index (χ2v) is 7.79. The molecule has 0 aromatic carbocycles. The standard InChI is InChI=1S/C17H28N2O8S/c1-11(21)27-15(17(2,3)10-20)16(26)19-7-6-12(22)18-8-9-28-14(25)5-4-13(23)24/h15,20H,4-10H2,1-3H3,(H,18,22)(H,19,26)(H,23,24). The third kappa shape index (κ3) is 11.5. The van der Waals surface area contributed by atoms with Crippen LogP contribution in [0.25, 0.3) is 0 Å². The van der Waals surface area contributed by atoms with Crippen molar-refractivity contribution in [1.29, 1.82) is 0 Å². The van der Waals surface area contributed by atoms with Crippen molar-refractivity contribution in [2.24, 2.45) is 5.41 Å². The Kier molecular flexibility index (Phi) is 12.1. The minimum atomic E-state index is -1.19. The fourth-order valence-electron chi connectivity index (χ4n) is 1.93. The molecular formula is C17H28N2O8S. The van der Waals surface area contributed by atoms with Crippen LogP contribution in [0.3, 0.4) is 0 Å². The number of aliphatic carboxylic acids is 1. The van der Waals surface area contributed by atoms with Gasteiger partial charge in [0.2, 0.25) is 5.91 Å². The van der Waals surface area contributed by atoms with Crippen LogP contribution in [0.15, 0.2) is 0 Å². The lowest BCUT2D eigenvalue weighted by atomic mass is 9.86. The lowest BCUT2D eigenvalue weighted by Gasteiger charge is -2.30. The van der Waals surface area contributed by atoms with E-state index in [9.17, 15) is 29.1 Å². The molecule has 0 heterocycles. The van der Waals surface area contributed by atoms with E-state index in [-0.39, 0.29) is 50.0 Å². The Morgan fingerprint density at radius 2 is 1.68 bits per heavy atom. The Morgan fingerprint density at radius 1 is 1.04 bits per heavy atom. The maximum Gasteiger partial charge on any atom is 0.303 e. The van der Waals surface area contributed by atoms with E-state index in [1.807, 2.05) is 0 Å². The molecule has 0 saturated heterocycles. The number of nitrogens with one attached hydrogen (secondary N) is 2. The number of carbonyl (C=O) groups is 5. The summed E-state index contributed by atoms with van der Waals surface area (Å²) < 4.78 is 4.98. The minimum Gasteiger partial charge on any atom is -0.481 e. The fourth-order valence-corrected chi connectivity index (χ4v) is 2.61. The zero-order chi connectivity index (χ0) is 21.7. The van der Waals surface area contributed by atoms with Gasteiger partial charge in [-0.3, -0.25) is 24.0 Å². The van der Waals surface area contributed by atoms with Gasteiger partial charge in [0.05, 0.1) is 13.0 Å². The summed E-state index contributed by atoms with van der Waals surface area (Å²) in [4.78, 5) is 56.8. The molecule has 4 N–H and O–H groups in total. The number of hydrogen-bond acceptors (Lipinski definition) is 8. The number of ether oxygens (including phenoxy) is 1. The summed E-state index contributed by atoms with van der Waals surface area (Å²) in [5.74, 6) is -2.33. The second kappa shape index (κ2) is 13.1. The minimum absolute atomic E-state index is 0.00856. The topological polar surface area (TPSA) is 159 Å².